The standard InChI is InChI=1S/C14H17FN2O2/c15-10-3-6-12-13(7-10)19-14(17-12)16-11-4-1-9(8-18)2-5-11/h3,6-7,9,11,18H,1-2,4-5,8H2,(H,16,17). The molecule has 1 heterocycles. The number of hydrogen-bond acceptors (Lipinski definition) is 4. The molecule has 1 aromatic carbocycles. The molecule has 1 saturated carbocycles. The number of halogens is 1. The van der Waals surface area contributed by atoms with Gasteiger partial charge in [-0.05, 0) is 43.7 Å². The van der Waals surface area contributed by atoms with E-state index in [-0.39, 0.29) is 12.4 Å². The van der Waals surface area contributed by atoms with E-state index in [0.717, 1.165) is 25.7 Å². The van der Waals surface area contributed by atoms with Crippen molar-refractivity contribution in [1.82, 2.24) is 4.98 Å². The molecule has 0 aliphatic heterocycles. The smallest absolute Gasteiger partial charge is 0.295 e. The normalized spacial score (nSPS) is 23.7. The molecule has 1 aliphatic rings. The van der Waals surface area contributed by atoms with Crippen LogP contribution >= 0.6 is 0 Å². The topological polar surface area (TPSA) is 58.3 Å². The van der Waals surface area contributed by atoms with Crippen LogP contribution in [0.2, 0.25) is 0 Å². The highest BCUT2D eigenvalue weighted by molar-refractivity contribution is 5.74. The highest BCUT2D eigenvalue weighted by Crippen LogP contribution is 2.27. The lowest BCUT2D eigenvalue weighted by molar-refractivity contribution is 0.185. The van der Waals surface area contributed by atoms with Gasteiger partial charge in [-0.1, -0.05) is 0 Å². The second kappa shape index (κ2) is 5.17. The largest absolute Gasteiger partial charge is 0.423 e. The summed E-state index contributed by atoms with van der Waals surface area (Å²) >= 11 is 0. The van der Waals surface area contributed by atoms with Crippen molar-refractivity contribution in [3.05, 3.63) is 24.0 Å². The van der Waals surface area contributed by atoms with Gasteiger partial charge in [0.2, 0.25) is 0 Å². The van der Waals surface area contributed by atoms with Gasteiger partial charge >= 0.3 is 0 Å². The van der Waals surface area contributed by atoms with E-state index in [0.29, 0.717) is 29.1 Å². The first-order valence-electron chi connectivity index (χ1n) is 6.68. The molecular formula is C14H17FN2O2. The van der Waals surface area contributed by atoms with Crippen LogP contribution in [-0.2, 0) is 0 Å². The summed E-state index contributed by atoms with van der Waals surface area (Å²) in [6.07, 6.45) is 4.03. The molecule has 1 fully saturated rings. The molecule has 102 valence electrons. The van der Waals surface area contributed by atoms with Crippen LogP contribution < -0.4 is 5.32 Å². The Morgan fingerprint density at radius 3 is 2.84 bits per heavy atom. The summed E-state index contributed by atoms with van der Waals surface area (Å²) in [5.41, 5.74) is 1.12. The zero-order valence-corrected chi connectivity index (χ0v) is 10.6. The van der Waals surface area contributed by atoms with Crippen LogP contribution in [-0.4, -0.2) is 22.7 Å². The second-order valence-electron chi connectivity index (χ2n) is 5.18. The maximum atomic E-state index is 13.1. The van der Waals surface area contributed by atoms with Gasteiger partial charge in [-0.3, -0.25) is 0 Å². The Labute approximate surface area is 110 Å². The fourth-order valence-electron chi connectivity index (χ4n) is 2.62. The molecule has 5 heteroatoms. The van der Waals surface area contributed by atoms with E-state index in [1.807, 2.05) is 0 Å². The van der Waals surface area contributed by atoms with Crippen LogP contribution in [0.1, 0.15) is 25.7 Å². The minimum atomic E-state index is -0.321. The summed E-state index contributed by atoms with van der Waals surface area (Å²) in [5.74, 6) is 0.106. The number of nitrogens with zero attached hydrogens (tertiary/aromatic N) is 1. The number of benzene rings is 1. The van der Waals surface area contributed by atoms with E-state index < -0.39 is 0 Å². The fraction of sp³-hybridized carbons (Fsp3) is 0.500. The quantitative estimate of drug-likeness (QED) is 0.895. The lowest BCUT2D eigenvalue weighted by Gasteiger charge is -2.27. The third-order valence-corrected chi connectivity index (χ3v) is 3.78. The molecule has 1 aromatic heterocycles. The monoisotopic (exact) mass is 264 g/mol. The average Bonchev–Trinajstić information content (AvgIpc) is 2.81. The van der Waals surface area contributed by atoms with Gasteiger partial charge in [-0.25, -0.2) is 4.39 Å². The minimum Gasteiger partial charge on any atom is -0.423 e. The van der Waals surface area contributed by atoms with E-state index in [9.17, 15) is 4.39 Å². The highest BCUT2D eigenvalue weighted by Gasteiger charge is 2.21. The number of aliphatic hydroxyl groups is 1. The number of rotatable bonds is 3. The molecule has 2 N–H and O–H groups in total. The second-order valence-corrected chi connectivity index (χ2v) is 5.18. The lowest BCUT2D eigenvalue weighted by Crippen LogP contribution is -2.27. The lowest BCUT2D eigenvalue weighted by atomic mass is 9.87. The van der Waals surface area contributed by atoms with E-state index >= 15 is 0 Å². The van der Waals surface area contributed by atoms with Gasteiger partial charge in [0.15, 0.2) is 5.58 Å². The zero-order chi connectivity index (χ0) is 13.2. The first-order valence-corrected chi connectivity index (χ1v) is 6.68. The molecule has 0 spiro atoms. The van der Waals surface area contributed by atoms with Crippen LogP contribution in [0.5, 0.6) is 0 Å². The predicted octanol–water partition coefficient (Wildman–Crippen LogP) is 2.93. The molecule has 0 amide bonds. The molecule has 2 aromatic rings. The van der Waals surface area contributed by atoms with Crippen molar-refractivity contribution >= 4 is 17.1 Å². The van der Waals surface area contributed by atoms with Gasteiger partial charge < -0.3 is 14.8 Å². The Kier molecular flexibility index (Phi) is 3.38. The van der Waals surface area contributed by atoms with Gasteiger partial charge in [0.05, 0.1) is 0 Å². The van der Waals surface area contributed by atoms with Crippen LogP contribution in [0.4, 0.5) is 10.4 Å². The third kappa shape index (κ3) is 2.71. The van der Waals surface area contributed by atoms with Gasteiger partial charge in [0, 0.05) is 18.7 Å². The number of aliphatic hydroxyl groups excluding tert-OH is 1. The average molecular weight is 264 g/mol. The molecule has 1 aliphatic carbocycles. The number of nitrogens with one attached hydrogen (secondary N) is 1. The van der Waals surface area contributed by atoms with Gasteiger partial charge in [-0.15, -0.1) is 0 Å². The number of oxazole rings is 1. The molecule has 3 rings (SSSR count). The molecule has 0 saturated heterocycles. The van der Waals surface area contributed by atoms with Crippen molar-refractivity contribution in [3.63, 3.8) is 0 Å². The number of aromatic nitrogens is 1. The summed E-state index contributed by atoms with van der Waals surface area (Å²) in [4.78, 5) is 4.29. The van der Waals surface area contributed by atoms with E-state index in [1.165, 1.54) is 12.1 Å². The summed E-state index contributed by atoms with van der Waals surface area (Å²) < 4.78 is 18.5. The fourth-order valence-corrected chi connectivity index (χ4v) is 2.62. The van der Waals surface area contributed by atoms with Gasteiger partial charge in [-0.2, -0.15) is 4.98 Å². The summed E-state index contributed by atoms with van der Waals surface area (Å²) in [6, 6.07) is 5.10. The van der Waals surface area contributed by atoms with E-state index in [2.05, 4.69) is 10.3 Å². The van der Waals surface area contributed by atoms with Crippen molar-refractivity contribution < 1.29 is 13.9 Å². The molecule has 0 unspecified atom stereocenters. The minimum absolute atomic E-state index is 0.273. The number of hydrogen-bond donors (Lipinski definition) is 2. The maximum Gasteiger partial charge on any atom is 0.295 e. The van der Waals surface area contributed by atoms with Crippen molar-refractivity contribution in [1.29, 1.82) is 0 Å². The van der Waals surface area contributed by atoms with Crippen molar-refractivity contribution in [2.75, 3.05) is 11.9 Å². The Bertz CT molecular complexity index is 562. The zero-order valence-electron chi connectivity index (χ0n) is 10.6. The Balaban J connectivity index is 1.68. The van der Waals surface area contributed by atoms with Crippen LogP contribution in [0.25, 0.3) is 11.1 Å². The van der Waals surface area contributed by atoms with Crippen molar-refractivity contribution in [3.8, 4) is 0 Å². The number of fused-ring (bicyclic) bond motifs is 1. The van der Waals surface area contributed by atoms with Crippen LogP contribution in [0.15, 0.2) is 22.6 Å². The Morgan fingerprint density at radius 1 is 1.32 bits per heavy atom. The molecule has 0 atom stereocenters. The van der Waals surface area contributed by atoms with Gasteiger partial charge in [0.1, 0.15) is 11.3 Å². The summed E-state index contributed by atoms with van der Waals surface area (Å²) in [6.45, 7) is 0.273. The molecular weight excluding hydrogens is 247 g/mol. The molecule has 4 nitrogen and oxygen atoms in total. The van der Waals surface area contributed by atoms with Crippen LogP contribution in [0.3, 0.4) is 0 Å². The van der Waals surface area contributed by atoms with E-state index in [1.54, 1.807) is 6.07 Å². The Morgan fingerprint density at radius 2 is 2.11 bits per heavy atom. The summed E-state index contributed by atoms with van der Waals surface area (Å²) in [7, 11) is 0. The predicted molar refractivity (Wildman–Crippen MR) is 70.4 cm³/mol. The summed E-state index contributed by atoms with van der Waals surface area (Å²) in [5, 5.41) is 12.4. The van der Waals surface area contributed by atoms with Crippen molar-refractivity contribution in [2.24, 2.45) is 5.92 Å². The molecule has 19 heavy (non-hydrogen) atoms. The number of anilines is 1. The first-order chi connectivity index (χ1) is 9.24. The van der Waals surface area contributed by atoms with E-state index in [4.69, 9.17) is 9.52 Å². The third-order valence-electron chi connectivity index (χ3n) is 3.78. The molecule has 0 bridgehead atoms. The first kappa shape index (κ1) is 12.4. The highest BCUT2D eigenvalue weighted by atomic mass is 19.1. The SMILES string of the molecule is OCC1CCC(Nc2nc3ccc(F)cc3o2)CC1. The Hall–Kier alpha value is -1.62. The van der Waals surface area contributed by atoms with Gasteiger partial charge in [0.25, 0.3) is 6.01 Å². The molecule has 0 radical (unpaired) electrons. The van der Waals surface area contributed by atoms with Crippen LogP contribution in [0, 0.1) is 11.7 Å². The maximum absolute atomic E-state index is 13.1. The van der Waals surface area contributed by atoms with Crippen molar-refractivity contribution in [2.45, 2.75) is 31.7 Å².